The van der Waals surface area contributed by atoms with E-state index in [-0.39, 0.29) is 5.57 Å². The van der Waals surface area contributed by atoms with Gasteiger partial charge in [0.25, 0.3) is 11.8 Å². The first-order chi connectivity index (χ1) is 12.1. The van der Waals surface area contributed by atoms with Crippen LogP contribution in [0.3, 0.4) is 0 Å². The van der Waals surface area contributed by atoms with Gasteiger partial charge >= 0.3 is 6.03 Å². The topological polar surface area (TPSA) is 66.5 Å². The first kappa shape index (κ1) is 16.7. The summed E-state index contributed by atoms with van der Waals surface area (Å²) in [6, 6.07) is 14.9. The number of rotatable bonds is 3. The number of hydrogen-bond acceptors (Lipinski definition) is 3. The molecule has 25 heavy (non-hydrogen) atoms. The molecule has 4 amide bonds. The van der Waals surface area contributed by atoms with Gasteiger partial charge < -0.3 is 0 Å². The van der Waals surface area contributed by atoms with Crippen LogP contribution in [0.5, 0.6) is 0 Å². The van der Waals surface area contributed by atoms with E-state index in [0.717, 1.165) is 10.5 Å². The van der Waals surface area contributed by atoms with E-state index >= 15 is 0 Å². The van der Waals surface area contributed by atoms with Crippen molar-refractivity contribution in [3.05, 3.63) is 82.9 Å². The highest BCUT2D eigenvalue weighted by molar-refractivity contribution is 6.38. The average molecular weight is 353 g/mol. The lowest BCUT2D eigenvalue weighted by molar-refractivity contribution is -0.122. The quantitative estimate of drug-likeness (QED) is 0.678. The summed E-state index contributed by atoms with van der Waals surface area (Å²) in [4.78, 5) is 37.5. The highest BCUT2D eigenvalue weighted by Crippen LogP contribution is 2.23. The second-order valence-electron chi connectivity index (χ2n) is 5.23. The van der Waals surface area contributed by atoms with E-state index in [1.54, 1.807) is 30.4 Å². The number of allylic oxidation sites excluding steroid dienone is 2. The third kappa shape index (κ3) is 3.67. The predicted octanol–water partition coefficient (Wildman–Crippen LogP) is 3.56. The number of benzene rings is 2. The van der Waals surface area contributed by atoms with Crippen LogP contribution >= 0.6 is 11.6 Å². The van der Waals surface area contributed by atoms with Gasteiger partial charge in [0.2, 0.25) is 0 Å². The molecule has 0 unspecified atom stereocenters. The zero-order chi connectivity index (χ0) is 17.8. The third-order valence-electron chi connectivity index (χ3n) is 3.52. The van der Waals surface area contributed by atoms with Crippen LogP contribution in [0.15, 0.2) is 72.3 Å². The van der Waals surface area contributed by atoms with E-state index in [9.17, 15) is 14.4 Å². The average Bonchev–Trinajstić information content (AvgIpc) is 2.58. The number of amides is 4. The molecule has 0 aliphatic carbocycles. The zero-order valence-corrected chi connectivity index (χ0v) is 13.7. The molecule has 0 radical (unpaired) electrons. The second-order valence-corrected chi connectivity index (χ2v) is 5.67. The van der Waals surface area contributed by atoms with Crippen LogP contribution in [-0.4, -0.2) is 17.8 Å². The lowest BCUT2D eigenvalue weighted by atomic mass is 10.1. The monoisotopic (exact) mass is 352 g/mol. The number of nitrogens with one attached hydrogen (secondary N) is 1. The first-order valence-electron chi connectivity index (χ1n) is 7.45. The van der Waals surface area contributed by atoms with Crippen LogP contribution in [0, 0.1) is 0 Å². The lowest BCUT2D eigenvalue weighted by Crippen LogP contribution is -2.54. The Morgan fingerprint density at radius 2 is 1.72 bits per heavy atom. The van der Waals surface area contributed by atoms with E-state index in [1.807, 2.05) is 30.3 Å². The molecule has 1 fully saturated rings. The molecule has 2 aromatic carbocycles. The normalized spacial score (nSPS) is 16.6. The summed E-state index contributed by atoms with van der Waals surface area (Å²) in [5, 5.41) is 2.54. The summed E-state index contributed by atoms with van der Waals surface area (Å²) in [6.07, 6.45) is 4.73. The van der Waals surface area contributed by atoms with Crippen LogP contribution < -0.4 is 10.2 Å². The highest BCUT2D eigenvalue weighted by Gasteiger charge is 2.36. The fourth-order valence-electron chi connectivity index (χ4n) is 2.35. The highest BCUT2D eigenvalue weighted by atomic mass is 35.5. The van der Waals surface area contributed by atoms with Crippen molar-refractivity contribution in [3.8, 4) is 0 Å². The Balaban J connectivity index is 1.90. The van der Waals surface area contributed by atoms with Gasteiger partial charge in [-0.15, -0.1) is 0 Å². The Kier molecular flexibility index (Phi) is 4.77. The molecule has 1 N–H and O–H groups in total. The maximum absolute atomic E-state index is 12.6. The molecule has 1 heterocycles. The summed E-state index contributed by atoms with van der Waals surface area (Å²) in [6.45, 7) is 0. The molecule has 5 nitrogen and oxygen atoms in total. The van der Waals surface area contributed by atoms with Gasteiger partial charge in [-0.3, -0.25) is 14.9 Å². The molecule has 6 heteroatoms. The molecule has 2 aromatic rings. The van der Waals surface area contributed by atoms with Crippen LogP contribution in [0.1, 0.15) is 5.56 Å². The summed E-state index contributed by atoms with van der Waals surface area (Å²) in [7, 11) is 0. The van der Waals surface area contributed by atoms with Gasteiger partial charge in [-0.1, -0.05) is 60.2 Å². The Bertz CT molecular complexity index is 904. The number of urea groups is 1. The van der Waals surface area contributed by atoms with Gasteiger partial charge in [0.1, 0.15) is 5.57 Å². The van der Waals surface area contributed by atoms with E-state index in [1.165, 1.54) is 12.1 Å². The van der Waals surface area contributed by atoms with E-state index in [0.29, 0.717) is 10.7 Å². The number of anilines is 1. The van der Waals surface area contributed by atoms with Crippen molar-refractivity contribution in [2.75, 3.05) is 4.90 Å². The minimum atomic E-state index is -0.804. The van der Waals surface area contributed by atoms with Gasteiger partial charge in [0.05, 0.1) is 5.69 Å². The summed E-state index contributed by atoms with van der Waals surface area (Å²) in [5.41, 5.74) is 1.08. The smallest absolute Gasteiger partial charge is 0.273 e. The van der Waals surface area contributed by atoms with Crippen LogP contribution in [0.25, 0.3) is 6.08 Å². The molecular formula is C19H13ClN2O3. The predicted molar refractivity (Wildman–Crippen MR) is 96.0 cm³/mol. The fraction of sp³-hybridized carbons (Fsp3) is 0. The van der Waals surface area contributed by atoms with Crippen molar-refractivity contribution in [3.63, 3.8) is 0 Å². The minimum Gasteiger partial charge on any atom is -0.273 e. The number of hydrogen-bond donors (Lipinski definition) is 1. The maximum atomic E-state index is 12.6. The molecule has 3 rings (SSSR count). The largest absolute Gasteiger partial charge is 0.335 e. The lowest BCUT2D eigenvalue weighted by Gasteiger charge is -2.26. The van der Waals surface area contributed by atoms with Gasteiger partial charge in [-0.25, -0.2) is 9.69 Å². The van der Waals surface area contributed by atoms with Crippen molar-refractivity contribution in [2.45, 2.75) is 0 Å². The molecule has 0 atom stereocenters. The molecule has 1 aliphatic heterocycles. The van der Waals surface area contributed by atoms with E-state index in [4.69, 9.17) is 11.6 Å². The Morgan fingerprint density at radius 1 is 0.960 bits per heavy atom. The van der Waals surface area contributed by atoms with Crippen molar-refractivity contribution < 1.29 is 14.4 Å². The first-order valence-corrected chi connectivity index (χ1v) is 7.83. The number of carbonyl (C=O) groups is 3. The third-order valence-corrected chi connectivity index (χ3v) is 3.75. The maximum Gasteiger partial charge on any atom is 0.335 e. The van der Waals surface area contributed by atoms with Crippen molar-refractivity contribution in [2.24, 2.45) is 0 Å². The van der Waals surface area contributed by atoms with Gasteiger partial charge in [0.15, 0.2) is 0 Å². The molecule has 0 aromatic heterocycles. The Labute approximate surface area is 149 Å². The summed E-state index contributed by atoms with van der Waals surface area (Å²) in [5.74, 6) is -1.43. The number of imide groups is 2. The molecule has 1 aliphatic rings. The summed E-state index contributed by atoms with van der Waals surface area (Å²) >= 11 is 5.91. The molecule has 1 saturated heterocycles. The van der Waals surface area contributed by atoms with Crippen molar-refractivity contribution in [1.29, 1.82) is 0 Å². The minimum absolute atomic E-state index is 0.133. The van der Waals surface area contributed by atoms with Crippen LogP contribution in [0.4, 0.5) is 10.5 Å². The number of nitrogens with zero attached hydrogens (tertiary/aromatic N) is 1. The zero-order valence-electron chi connectivity index (χ0n) is 13.0. The molecule has 0 saturated carbocycles. The Morgan fingerprint density at radius 3 is 2.44 bits per heavy atom. The fourth-order valence-corrected chi connectivity index (χ4v) is 2.53. The molecule has 0 spiro atoms. The van der Waals surface area contributed by atoms with Crippen LogP contribution in [0.2, 0.25) is 5.02 Å². The number of barbiturate groups is 1. The van der Waals surface area contributed by atoms with Crippen molar-refractivity contribution >= 4 is 41.2 Å². The standard InChI is InChI=1S/C19H13ClN2O3/c20-14-9-5-10-15(12-14)22-18(24)16(17(23)21-19(22)25)11-4-8-13-6-2-1-3-7-13/h1-12H,(H,21,23,25)/b8-4+,16-11+. The number of carbonyl (C=O) groups excluding carboxylic acids is 3. The van der Waals surface area contributed by atoms with E-state index < -0.39 is 17.8 Å². The second kappa shape index (κ2) is 7.15. The number of halogens is 1. The van der Waals surface area contributed by atoms with E-state index in [2.05, 4.69) is 5.32 Å². The molecular weight excluding hydrogens is 340 g/mol. The van der Waals surface area contributed by atoms with Crippen molar-refractivity contribution in [1.82, 2.24) is 5.32 Å². The summed E-state index contributed by atoms with van der Waals surface area (Å²) < 4.78 is 0. The van der Waals surface area contributed by atoms with Gasteiger partial charge in [-0.2, -0.15) is 0 Å². The van der Waals surface area contributed by atoms with Gasteiger partial charge in [0, 0.05) is 5.02 Å². The SMILES string of the molecule is O=C1NC(=O)N(c2cccc(Cl)c2)C(=O)/C1=C/C=C/c1ccccc1. The van der Waals surface area contributed by atoms with Crippen LogP contribution in [-0.2, 0) is 9.59 Å². The molecule has 124 valence electrons. The van der Waals surface area contributed by atoms with Gasteiger partial charge in [-0.05, 0) is 29.8 Å². The molecule has 0 bridgehead atoms. The Hall–Kier alpha value is -3.18.